The Morgan fingerprint density at radius 3 is 2.86 bits per heavy atom. The van der Waals surface area contributed by atoms with Crippen LogP contribution < -0.4 is 10.6 Å². The molecule has 0 aromatic carbocycles. The molecule has 0 aliphatic carbocycles. The Morgan fingerprint density at radius 1 is 1.64 bits per heavy atom. The first-order valence-corrected chi connectivity index (χ1v) is 4.31. The number of urea groups is 1. The molecular weight excluding hydrogens is 208 g/mol. The predicted molar refractivity (Wildman–Crippen MR) is 51.1 cm³/mol. The van der Waals surface area contributed by atoms with Gasteiger partial charge < -0.3 is 0 Å². The van der Waals surface area contributed by atoms with Crippen LogP contribution in [0.3, 0.4) is 0 Å². The van der Waals surface area contributed by atoms with Gasteiger partial charge in [-0.1, -0.05) is 0 Å². The van der Waals surface area contributed by atoms with Crippen LogP contribution in [-0.4, -0.2) is 27.6 Å². The van der Waals surface area contributed by atoms with E-state index in [0.717, 1.165) is 0 Å². The van der Waals surface area contributed by atoms with Gasteiger partial charge in [0, 0.05) is 19.3 Å². The fourth-order valence-corrected chi connectivity index (χ4v) is 0.856. The minimum Gasteiger partial charge on any atom is -0.291 e. The van der Waals surface area contributed by atoms with Gasteiger partial charge in [-0.3, -0.25) is 20.1 Å². The standard InChI is InChI=1S/C7H9ClN4O2/c1-12-3-2-5(11-12)9-7(14)10-6(13)4-8/h2-3H,4H2,1H3,(H2,9,10,11,13,14). The van der Waals surface area contributed by atoms with Gasteiger partial charge in [0.05, 0.1) is 0 Å². The van der Waals surface area contributed by atoms with Crippen molar-refractivity contribution in [2.75, 3.05) is 11.2 Å². The third kappa shape index (κ3) is 3.06. The first-order valence-electron chi connectivity index (χ1n) is 3.78. The summed E-state index contributed by atoms with van der Waals surface area (Å²) in [7, 11) is 1.72. The first kappa shape index (κ1) is 10.5. The number of halogens is 1. The molecule has 2 N–H and O–H groups in total. The molecule has 76 valence electrons. The Hall–Kier alpha value is -1.56. The summed E-state index contributed by atoms with van der Waals surface area (Å²) < 4.78 is 1.53. The molecule has 14 heavy (non-hydrogen) atoms. The van der Waals surface area contributed by atoms with Crippen molar-refractivity contribution in [3.8, 4) is 0 Å². The number of imide groups is 1. The van der Waals surface area contributed by atoms with Crippen LogP contribution in [0.25, 0.3) is 0 Å². The minimum absolute atomic E-state index is 0.254. The Bertz CT molecular complexity index is 349. The molecule has 1 aromatic rings. The number of nitrogens with one attached hydrogen (secondary N) is 2. The normalized spacial score (nSPS) is 9.57. The van der Waals surface area contributed by atoms with E-state index >= 15 is 0 Å². The van der Waals surface area contributed by atoms with E-state index in [9.17, 15) is 9.59 Å². The number of carbonyl (C=O) groups is 2. The lowest BCUT2D eigenvalue weighted by atomic mass is 10.6. The maximum Gasteiger partial charge on any atom is 0.327 e. The molecule has 0 radical (unpaired) electrons. The average molecular weight is 217 g/mol. The SMILES string of the molecule is Cn1ccc(NC(=O)NC(=O)CCl)n1. The zero-order valence-corrected chi connectivity index (χ0v) is 8.21. The zero-order valence-electron chi connectivity index (χ0n) is 7.45. The second-order valence-electron chi connectivity index (χ2n) is 2.51. The summed E-state index contributed by atoms with van der Waals surface area (Å²) in [6.45, 7) is 0. The Labute approximate surface area is 85.2 Å². The van der Waals surface area contributed by atoms with Crippen LogP contribution in [0.15, 0.2) is 12.3 Å². The summed E-state index contributed by atoms with van der Waals surface area (Å²) in [6.07, 6.45) is 1.67. The van der Waals surface area contributed by atoms with Crippen LogP contribution >= 0.6 is 11.6 Å². The third-order valence-electron chi connectivity index (χ3n) is 1.33. The van der Waals surface area contributed by atoms with Crippen molar-refractivity contribution in [1.82, 2.24) is 15.1 Å². The van der Waals surface area contributed by atoms with Gasteiger partial charge in [0.25, 0.3) is 0 Å². The molecule has 0 bridgehead atoms. The molecule has 0 atom stereocenters. The van der Waals surface area contributed by atoms with E-state index in [2.05, 4.69) is 10.4 Å². The number of hydrogen-bond acceptors (Lipinski definition) is 3. The van der Waals surface area contributed by atoms with Crippen LogP contribution in [0.4, 0.5) is 10.6 Å². The fraction of sp³-hybridized carbons (Fsp3) is 0.286. The van der Waals surface area contributed by atoms with Crippen molar-refractivity contribution in [2.45, 2.75) is 0 Å². The molecule has 0 saturated heterocycles. The molecule has 6 nitrogen and oxygen atoms in total. The lowest BCUT2D eigenvalue weighted by Crippen LogP contribution is -2.35. The van der Waals surface area contributed by atoms with Crippen molar-refractivity contribution < 1.29 is 9.59 Å². The molecule has 3 amide bonds. The topological polar surface area (TPSA) is 76.0 Å². The Balaban J connectivity index is 2.45. The maximum atomic E-state index is 11.0. The van der Waals surface area contributed by atoms with E-state index in [4.69, 9.17) is 11.6 Å². The zero-order chi connectivity index (χ0) is 10.6. The molecule has 0 unspecified atom stereocenters. The highest BCUT2D eigenvalue weighted by molar-refractivity contribution is 6.28. The second kappa shape index (κ2) is 4.61. The van der Waals surface area contributed by atoms with Gasteiger partial charge >= 0.3 is 6.03 Å². The average Bonchev–Trinajstić information content (AvgIpc) is 2.50. The fourth-order valence-electron chi connectivity index (χ4n) is 0.789. The van der Waals surface area contributed by atoms with Gasteiger partial charge in [-0.15, -0.1) is 11.6 Å². The van der Waals surface area contributed by atoms with Crippen LogP contribution in [0, 0.1) is 0 Å². The molecule has 0 spiro atoms. The third-order valence-corrected chi connectivity index (χ3v) is 1.57. The quantitative estimate of drug-likeness (QED) is 0.699. The predicted octanol–water partition coefficient (Wildman–Crippen LogP) is 0.307. The molecule has 0 aliphatic rings. The van der Waals surface area contributed by atoms with Crippen molar-refractivity contribution in [3.63, 3.8) is 0 Å². The number of hydrogen-bond donors (Lipinski definition) is 2. The maximum absolute atomic E-state index is 11.0. The summed E-state index contributed by atoms with van der Waals surface area (Å²) in [5.41, 5.74) is 0. The van der Waals surface area contributed by atoms with Crippen LogP contribution in [0.5, 0.6) is 0 Å². The van der Waals surface area contributed by atoms with E-state index in [1.54, 1.807) is 19.3 Å². The summed E-state index contributed by atoms with van der Waals surface area (Å²) in [4.78, 5) is 21.7. The highest BCUT2D eigenvalue weighted by Gasteiger charge is 2.07. The number of alkyl halides is 1. The number of amides is 3. The molecule has 7 heteroatoms. The lowest BCUT2D eigenvalue weighted by Gasteiger charge is -2.01. The molecule has 1 rings (SSSR count). The molecule has 1 heterocycles. The van der Waals surface area contributed by atoms with Crippen LogP contribution in [0.2, 0.25) is 0 Å². The van der Waals surface area contributed by atoms with E-state index in [-0.39, 0.29) is 5.88 Å². The van der Waals surface area contributed by atoms with Gasteiger partial charge in [-0.25, -0.2) is 4.79 Å². The van der Waals surface area contributed by atoms with Gasteiger partial charge in [0.2, 0.25) is 5.91 Å². The largest absolute Gasteiger partial charge is 0.327 e. The van der Waals surface area contributed by atoms with E-state index in [0.29, 0.717) is 5.82 Å². The van der Waals surface area contributed by atoms with Crippen LogP contribution in [-0.2, 0) is 11.8 Å². The summed E-state index contributed by atoms with van der Waals surface area (Å²) in [6, 6.07) is 0.958. The second-order valence-corrected chi connectivity index (χ2v) is 2.78. The van der Waals surface area contributed by atoms with Gasteiger partial charge in [-0.05, 0) is 0 Å². The van der Waals surface area contributed by atoms with E-state index in [1.807, 2.05) is 5.32 Å². The monoisotopic (exact) mass is 216 g/mol. The molecular formula is C7H9ClN4O2. The van der Waals surface area contributed by atoms with Crippen molar-refractivity contribution in [2.24, 2.45) is 7.05 Å². The van der Waals surface area contributed by atoms with Crippen molar-refractivity contribution in [1.29, 1.82) is 0 Å². The van der Waals surface area contributed by atoms with Crippen LogP contribution in [0.1, 0.15) is 0 Å². The molecule has 0 fully saturated rings. The molecule has 0 saturated carbocycles. The number of anilines is 1. The van der Waals surface area contributed by atoms with E-state index in [1.165, 1.54) is 4.68 Å². The number of aryl methyl sites for hydroxylation is 1. The number of carbonyl (C=O) groups excluding carboxylic acids is 2. The number of rotatable bonds is 2. The molecule has 0 aliphatic heterocycles. The van der Waals surface area contributed by atoms with Crippen molar-refractivity contribution in [3.05, 3.63) is 12.3 Å². The van der Waals surface area contributed by atoms with Gasteiger partial charge in [0.1, 0.15) is 5.88 Å². The highest BCUT2D eigenvalue weighted by atomic mass is 35.5. The van der Waals surface area contributed by atoms with Crippen molar-refractivity contribution >= 4 is 29.4 Å². The highest BCUT2D eigenvalue weighted by Crippen LogP contribution is 1.99. The summed E-state index contributed by atoms with van der Waals surface area (Å²) in [5, 5.41) is 8.27. The summed E-state index contributed by atoms with van der Waals surface area (Å²) >= 11 is 5.19. The Morgan fingerprint density at radius 2 is 2.36 bits per heavy atom. The summed E-state index contributed by atoms with van der Waals surface area (Å²) in [5.74, 6) is -0.442. The number of nitrogens with zero attached hydrogens (tertiary/aromatic N) is 2. The molecule has 1 aromatic heterocycles. The smallest absolute Gasteiger partial charge is 0.291 e. The van der Waals surface area contributed by atoms with Gasteiger partial charge in [-0.2, -0.15) is 5.10 Å². The number of aromatic nitrogens is 2. The lowest BCUT2D eigenvalue weighted by molar-refractivity contribution is -0.117. The first-order chi connectivity index (χ1) is 6.61. The van der Waals surface area contributed by atoms with E-state index < -0.39 is 11.9 Å². The minimum atomic E-state index is -0.644. The van der Waals surface area contributed by atoms with Gasteiger partial charge in [0.15, 0.2) is 5.82 Å². The Kier molecular flexibility index (Phi) is 3.47.